The molecule has 0 bridgehead atoms. The van der Waals surface area contributed by atoms with Crippen LogP contribution in [-0.4, -0.2) is 5.71 Å². The van der Waals surface area contributed by atoms with E-state index >= 15 is 0 Å². The first kappa shape index (κ1) is 12.5. The van der Waals surface area contributed by atoms with Gasteiger partial charge in [0.25, 0.3) is 0 Å². The van der Waals surface area contributed by atoms with Crippen molar-refractivity contribution in [3.63, 3.8) is 0 Å². The van der Waals surface area contributed by atoms with Gasteiger partial charge in [-0.2, -0.15) is 0 Å². The Balaban J connectivity index is 1.94. The van der Waals surface area contributed by atoms with Crippen LogP contribution in [-0.2, 0) is 0 Å². The maximum atomic E-state index is 4.88. The summed E-state index contributed by atoms with van der Waals surface area (Å²) in [6.45, 7) is 0. The zero-order valence-electron chi connectivity index (χ0n) is 11.3. The molecule has 3 aromatic carbocycles. The molecule has 0 radical (unpaired) electrons. The lowest BCUT2D eigenvalue weighted by molar-refractivity contribution is 1.49. The SMILES string of the molecule is Brc1ccc(N=C2c3ccccc3-c3ccccc32)cc1. The number of rotatable bonds is 1. The van der Waals surface area contributed by atoms with Gasteiger partial charge in [-0.1, -0.05) is 64.5 Å². The summed E-state index contributed by atoms with van der Waals surface area (Å²) in [5.41, 5.74) is 6.99. The highest BCUT2D eigenvalue weighted by Crippen LogP contribution is 2.37. The second-order valence-corrected chi connectivity index (χ2v) is 5.94. The maximum Gasteiger partial charge on any atom is 0.0794 e. The zero-order valence-corrected chi connectivity index (χ0v) is 12.8. The molecule has 0 saturated carbocycles. The Morgan fingerprint density at radius 1 is 0.571 bits per heavy atom. The summed E-state index contributed by atoms with van der Waals surface area (Å²) in [6, 6.07) is 25.0. The van der Waals surface area contributed by atoms with Crippen LogP contribution in [0.4, 0.5) is 5.69 Å². The van der Waals surface area contributed by atoms with Gasteiger partial charge in [-0.15, -0.1) is 0 Å². The van der Waals surface area contributed by atoms with E-state index in [1.807, 2.05) is 24.3 Å². The Labute approximate surface area is 132 Å². The highest BCUT2D eigenvalue weighted by atomic mass is 79.9. The Hall–Kier alpha value is -2.19. The number of nitrogens with zero attached hydrogens (tertiary/aromatic N) is 1. The summed E-state index contributed by atoms with van der Waals surface area (Å²) >= 11 is 3.46. The van der Waals surface area contributed by atoms with Crippen LogP contribution in [0.2, 0.25) is 0 Å². The molecule has 0 heterocycles. The summed E-state index contributed by atoms with van der Waals surface area (Å²) in [4.78, 5) is 4.88. The van der Waals surface area contributed by atoms with Gasteiger partial charge in [0.15, 0.2) is 0 Å². The second-order valence-electron chi connectivity index (χ2n) is 5.03. The fourth-order valence-corrected chi connectivity index (χ4v) is 3.02. The molecule has 0 unspecified atom stereocenters. The molecule has 0 aliphatic heterocycles. The quantitative estimate of drug-likeness (QED) is 0.430. The molecule has 100 valence electrons. The summed E-state index contributed by atoms with van der Waals surface area (Å²) in [5.74, 6) is 0. The molecule has 1 aliphatic rings. The molecule has 3 aromatic rings. The summed E-state index contributed by atoms with van der Waals surface area (Å²) < 4.78 is 1.07. The van der Waals surface area contributed by atoms with E-state index in [9.17, 15) is 0 Å². The lowest BCUT2D eigenvalue weighted by atomic mass is 10.1. The van der Waals surface area contributed by atoms with Gasteiger partial charge in [0.05, 0.1) is 11.4 Å². The van der Waals surface area contributed by atoms with Crippen molar-refractivity contribution in [2.24, 2.45) is 4.99 Å². The molecule has 0 spiro atoms. The fourth-order valence-electron chi connectivity index (χ4n) is 2.76. The van der Waals surface area contributed by atoms with Crippen molar-refractivity contribution in [3.8, 4) is 11.1 Å². The van der Waals surface area contributed by atoms with E-state index in [1.165, 1.54) is 22.3 Å². The van der Waals surface area contributed by atoms with Crippen molar-refractivity contribution in [2.75, 3.05) is 0 Å². The predicted molar refractivity (Wildman–Crippen MR) is 91.3 cm³/mol. The molecular formula is C19H12BrN. The minimum absolute atomic E-state index is 0.972. The first-order valence-electron chi connectivity index (χ1n) is 6.86. The summed E-state index contributed by atoms with van der Waals surface area (Å²) in [6.07, 6.45) is 0. The van der Waals surface area contributed by atoms with E-state index in [0.717, 1.165) is 15.9 Å². The first-order valence-corrected chi connectivity index (χ1v) is 7.66. The van der Waals surface area contributed by atoms with Gasteiger partial charge in [-0.25, -0.2) is 4.99 Å². The number of halogens is 1. The highest BCUT2D eigenvalue weighted by Gasteiger charge is 2.23. The predicted octanol–water partition coefficient (Wildman–Crippen LogP) is 5.60. The molecule has 0 atom stereocenters. The minimum atomic E-state index is 0.972. The molecule has 1 nitrogen and oxygen atoms in total. The van der Waals surface area contributed by atoms with E-state index in [2.05, 4.69) is 64.5 Å². The molecule has 0 aromatic heterocycles. The monoisotopic (exact) mass is 333 g/mol. The lowest BCUT2D eigenvalue weighted by Gasteiger charge is -2.02. The van der Waals surface area contributed by atoms with E-state index in [1.54, 1.807) is 0 Å². The third-order valence-electron chi connectivity index (χ3n) is 3.72. The van der Waals surface area contributed by atoms with Crippen molar-refractivity contribution in [3.05, 3.63) is 88.4 Å². The van der Waals surface area contributed by atoms with Gasteiger partial charge < -0.3 is 0 Å². The second kappa shape index (κ2) is 4.97. The van der Waals surface area contributed by atoms with Crippen molar-refractivity contribution in [1.29, 1.82) is 0 Å². The molecule has 21 heavy (non-hydrogen) atoms. The summed E-state index contributed by atoms with van der Waals surface area (Å²) in [7, 11) is 0. The van der Waals surface area contributed by atoms with E-state index in [-0.39, 0.29) is 0 Å². The van der Waals surface area contributed by atoms with E-state index in [4.69, 9.17) is 4.99 Å². The van der Waals surface area contributed by atoms with Gasteiger partial charge in [0.1, 0.15) is 0 Å². The zero-order chi connectivity index (χ0) is 14.2. The molecule has 0 fully saturated rings. The van der Waals surface area contributed by atoms with Crippen LogP contribution >= 0.6 is 15.9 Å². The van der Waals surface area contributed by atoms with Gasteiger partial charge in [0.2, 0.25) is 0 Å². The van der Waals surface area contributed by atoms with Crippen molar-refractivity contribution < 1.29 is 0 Å². The van der Waals surface area contributed by atoms with Gasteiger partial charge in [-0.3, -0.25) is 0 Å². The molecule has 2 heteroatoms. The van der Waals surface area contributed by atoms with Crippen LogP contribution < -0.4 is 0 Å². The number of hydrogen-bond donors (Lipinski definition) is 0. The van der Waals surface area contributed by atoms with Gasteiger partial charge in [0, 0.05) is 15.6 Å². The van der Waals surface area contributed by atoms with Crippen LogP contribution in [0.3, 0.4) is 0 Å². The Kier molecular flexibility index (Phi) is 2.97. The number of hydrogen-bond acceptors (Lipinski definition) is 1. The molecule has 0 saturated heterocycles. The van der Waals surface area contributed by atoms with Crippen LogP contribution in [0.15, 0.2) is 82.3 Å². The Morgan fingerprint density at radius 2 is 1.05 bits per heavy atom. The molecule has 4 rings (SSSR count). The third kappa shape index (κ3) is 2.12. The molecular weight excluding hydrogens is 322 g/mol. The van der Waals surface area contributed by atoms with Crippen LogP contribution in [0.25, 0.3) is 11.1 Å². The van der Waals surface area contributed by atoms with Crippen LogP contribution in [0.5, 0.6) is 0 Å². The molecule has 1 aliphatic carbocycles. The number of benzene rings is 3. The Bertz CT molecular complexity index is 800. The molecule has 0 amide bonds. The highest BCUT2D eigenvalue weighted by molar-refractivity contribution is 9.10. The van der Waals surface area contributed by atoms with E-state index in [0.29, 0.717) is 0 Å². The largest absolute Gasteiger partial charge is 0.248 e. The van der Waals surface area contributed by atoms with E-state index < -0.39 is 0 Å². The van der Waals surface area contributed by atoms with Crippen molar-refractivity contribution in [1.82, 2.24) is 0 Å². The normalized spacial score (nSPS) is 12.0. The average Bonchev–Trinajstić information content (AvgIpc) is 2.85. The number of aliphatic imine (C=N–C) groups is 1. The summed E-state index contributed by atoms with van der Waals surface area (Å²) in [5, 5.41) is 0. The van der Waals surface area contributed by atoms with Crippen LogP contribution in [0, 0.1) is 0 Å². The lowest BCUT2D eigenvalue weighted by Crippen LogP contribution is -1.97. The smallest absolute Gasteiger partial charge is 0.0794 e. The topological polar surface area (TPSA) is 12.4 Å². The third-order valence-corrected chi connectivity index (χ3v) is 4.25. The average molecular weight is 334 g/mol. The van der Waals surface area contributed by atoms with Crippen molar-refractivity contribution in [2.45, 2.75) is 0 Å². The van der Waals surface area contributed by atoms with Crippen LogP contribution in [0.1, 0.15) is 11.1 Å². The minimum Gasteiger partial charge on any atom is -0.248 e. The van der Waals surface area contributed by atoms with Crippen molar-refractivity contribution >= 4 is 27.3 Å². The molecule has 0 N–H and O–H groups in total. The maximum absolute atomic E-state index is 4.88. The van der Waals surface area contributed by atoms with Gasteiger partial charge in [-0.05, 0) is 35.4 Å². The van der Waals surface area contributed by atoms with Gasteiger partial charge >= 0.3 is 0 Å². The fraction of sp³-hybridized carbons (Fsp3) is 0. The number of fused-ring (bicyclic) bond motifs is 3. The Morgan fingerprint density at radius 3 is 1.57 bits per heavy atom. The first-order chi connectivity index (χ1) is 10.3. The standard InChI is InChI=1S/C19H12BrN/c20-13-9-11-14(12-10-13)21-19-17-7-3-1-5-15(17)16-6-2-4-8-18(16)19/h1-12H.